The van der Waals surface area contributed by atoms with Crippen molar-refractivity contribution in [1.29, 1.82) is 0 Å². The zero-order valence-electron chi connectivity index (χ0n) is 10.4. The Balaban J connectivity index is 2.05. The van der Waals surface area contributed by atoms with Gasteiger partial charge in [-0.2, -0.15) is 5.10 Å². The average Bonchev–Trinajstić information content (AvgIpc) is 2.90. The van der Waals surface area contributed by atoms with Crippen LogP contribution in [0.1, 0.15) is 5.56 Å². The van der Waals surface area contributed by atoms with Gasteiger partial charge in [-0.1, -0.05) is 12.1 Å². The molecule has 1 N–H and O–H groups in total. The zero-order valence-corrected chi connectivity index (χ0v) is 10.4. The Morgan fingerprint density at radius 1 is 1.20 bits per heavy atom. The second-order valence-corrected chi connectivity index (χ2v) is 4.40. The molecule has 1 aromatic heterocycles. The first-order chi connectivity index (χ1) is 9.67. The first kappa shape index (κ1) is 12.3. The molecule has 20 heavy (non-hydrogen) atoms. The van der Waals surface area contributed by atoms with Crippen LogP contribution in [0.5, 0.6) is 0 Å². The fourth-order valence-electron chi connectivity index (χ4n) is 2.01. The van der Waals surface area contributed by atoms with E-state index in [9.17, 15) is 10.1 Å². The lowest BCUT2D eigenvalue weighted by Gasteiger charge is -2.01. The number of fused-ring (bicyclic) bond motifs is 1. The lowest BCUT2D eigenvalue weighted by Crippen LogP contribution is -1.94. The van der Waals surface area contributed by atoms with Crippen LogP contribution < -0.4 is 0 Å². The smallest absolute Gasteiger partial charge is 0.270 e. The van der Waals surface area contributed by atoms with Crippen LogP contribution in [-0.4, -0.2) is 19.8 Å². The largest absolute Gasteiger partial charge is 0.392 e. The summed E-state index contributed by atoms with van der Waals surface area (Å²) in [6.07, 6.45) is 1.75. The topological polar surface area (TPSA) is 81.2 Å². The molecule has 0 amide bonds. The summed E-state index contributed by atoms with van der Waals surface area (Å²) in [5, 5.41) is 24.8. The predicted octanol–water partition coefficient (Wildman–Crippen LogP) is 2.43. The molecule has 0 fully saturated rings. The third-order valence-corrected chi connectivity index (χ3v) is 3.08. The van der Waals surface area contributed by atoms with Crippen LogP contribution in [0.2, 0.25) is 0 Å². The van der Waals surface area contributed by atoms with Crippen molar-refractivity contribution in [2.24, 2.45) is 0 Å². The van der Waals surface area contributed by atoms with Crippen molar-refractivity contribution in [1.82, 2.24) is 9.78 Å². The van der Waals surface area contributed by atoms with E-state index in [1.54, 1.807) is 16.9 Å². The fourth-order valence-corrected chi connectivity index (χ4v) is 2.01. The number of rotatable bonds is 3. The molecule has 0 radical (unpaired) electrons. The molecule has 0 bridgehead atoms. The third kappa shape index (κ3) is 2.12. The minimum atomic E-state index is -0.424. The summed E-state index contributed by atoms with van der Waals surface area (Å²) in [6, 6.07) is 11.9. The van der Waals surface area contributed by atoms with Gasteiger partial charge < -0.3 is 5.11 Å². The Labute approximate surface area is 114 Å². The van der Waals surface area contributed by atoms with Gasteiger partial charge in [-0.05, 0) is 23.8 Å². The monoisotopic (exact) mass is 269 g/mol. The van der Waals surface area contributed by atoms with Gasteiger partial charge in [-0.25, -0.2) is 4.68 Å². The number of nitrogens with zero attached hydrogens (tertiary/aromatic N) is 3. The number of aromatic nitrogens is 2. The molecule has 0 aliphatic rings. The average molecular weight is 269 g/mol. The van der Waals surface area contributed by atoms with E-state index in [-0.39, 0.29) is 12.3 Å². The van der Waals surface area contributed by atoms with E-state index in [1.165, 1.54) is 12.1 Å². The Bertz CT molecular complexity index is 778. The molecule has 0 spiro atoms. The molecule has 3 aromatic rings. The summed E-state index contributed by atoms with van der Waals surface area (Å²) in [7, 11) is 0. The highest BCUT2D eigenvalue weighted by Gasteiger charge is 2.09. The summed E-state index contributed by atoms with van der Waals surface area (Å²) in [5.74, 6) is 0. The molecule has 0 atom stereocenters. The SMILES string of the molecule is O=[N+]([O-])c1ccc2nn(-c3ccc(CO)cc3)cc2c1. The Morgan fingerprint density at radius 2 is 1.95 bits per heavy atom. The van der Waals surface area contributed by atoms with Gasteiger partial charge in [-0.3, -0.25) is 10.1 Å². The predicted molar refractivity (Wildman–Crippen MR) is 73.6 cm³/mol. The summed E-state index contributed by atoms with van der Waals surface area (Å²) in [6.45, 7) is -0.00639. The minimum Gasteiger partial charge on any atom is -0.392 e. The molecule has 1 heterocycles. The molecule has 3 rings (SSSR count). The molecule has 6 nitrogen and oxygen atoms in total. The van der Waals surface area contributed by atoms with Crippen molar-refractivity contribution >= 4 is 16.6 Å². The molecule has 0 saturated carbocycles. The highest BCUT2D eigenvalue weighted by Crippen LogP contribution is 2.21. The van der Waals surface area contributed by atoms with Crippen molar-refractivity contribution < 1.29 is 10.0 Å². The van der Waals surface area contributed by atoms with Crippen molar-refractivity contribution in [2.75, 3.05) is 0 Å². The van der Waals surface area contributed by atoms with Crippen molar-refractivity contribution in [3.05, 3.63) is 64.3 Å². The first-order valence-electron chi connectivity index (χ1n) is 6.01. The number of aliphatic hydroxyl groups excluding tert-OH is 1. The summed E-state index contributed by atoms with van der Waals surface area (Å²) in [4.78, 5) is 10.3. The molecule has 0 saturated heterocycles. The molecular formula is C14H11N3O3. The van der Waals surface area contributed by atoms with Gasteiger partial charge in [-0.15, -0.1) is 0 Å². The number of nitro benzene ring substituents is 1. The van der Waals surface area contributed by atoms with Gasteiger partial charge in [0.2, 0.25) is 0 Å². The van der Waals surface area contributed by atoms with E-state index >= 15 is 0 Å². The van der Waals surface area contributed by atoms with E-state index < -0.39 is 4.92 Å². The highest BCUT2D eigenvalue weighted by atomic mass is 16.6. The van der Waals surface area contributed by atoms with Crippen LogP contribution >= 0.6 is 0 Å². The Kier molecular flexibility index (Phi) is 2.92. The van der Waals surface area contributed by atoms with E-state index in [0.29, 0.717) is 10.9 Å². The number of hydrogen-bond donors (Lipinski definition) is 1. The molecule has 0 unspecified atom stereocenters. The van der Waals surface area contributed by atoms with Crippen molar-refractivity contribution in [2.45, 2.75) is 6.61 Å². The van der Waals surface area contributed by atoms with Crippen molar-refractivity contribution in [3.8, 4) is 5.69 Å². The van der Waals surface area contributed by atoms with Gasteiger partial charge in [0.15, 0.2) is 0 Å². The Hall–Kier alpha value is -2.73. The van der Waals surface area contributed by atoms with Gasteiger partial charge in [0, 0.05) is 23.7 Å². The standard InChI is InChI=1S/C14H11N3O3/c18-9-10-1-3-12(4-2-10)16-8-11-7-13(17(19)20)5-6-14(11)15-16/h1-8,18H,9H2. The molecule has 0 aliphatic carbocycles. The van der Waals surface area contributed by atoms with Crippen LogP contribution in [-0.2, 0) is 6.61 Å². The van der Waals surface area contributed by atoms with E-state index in [1.807, 2.05) is 24.3 Å². The quantitative estimate of drug-likeness (QED) is 0.584. The van der Waals surface area contributed by atoms with Gasteiger partial charge >= 0.3 is 0 Å². The summed E-state index contributed by atoms with van der Waals surface area (Å²) < 4.78 is 1.66. The second-order valence-electron chi connectivity index (χ2n) is 4.40. The van der Waals surface area contributed by atoms with Gasteiger partial charge in [0.1, 0.15) is 0 Å². The third-order valence-electron chi connectivity index (χ3n) is 3.08. The zero-order chi connectivity index (χ0) is 14.1. The normalized spacial score (nSPS) is 10.8. The van der Waals surface area contributed by atoms with Crippen LogP contribution in [0.15, 0.2) is 48.7 Å². The molecule has 0 aliphatic heterocycles. The molecule has 6 heteroatoms. The molecular weight excluding hydrogens is 258 g/mol. The number of aliphatic hydroxyl groups is 1. The fraction of sp³-hybridized carbons (Fsp3) is 0.0714. The summed E-state index contributed by atoms with van der Waals surface area (Å²) in [5.41, 5.74) is 2.40. The van der Waals surface area contributed by atoms with Crippen LogP contribution in [0.25, 0.3) is 16.6 Å². The lowest BCUT2D eigenvalue weighted by atomic mass is 10.2. The molecule has 2 aromatic carbocycles. The van der Waals surface area contributed by atoms with Gasteiger partial charge in [0.05, 0.1) is 22.7 Å². The Morgan fingerprint density at radius 3 is 2.60 bits per heavy atom. The highest BCUT2D eigenvalue weighted by molar-refractivity contribution is 5.81. The summed E-state index contributed by atoms with van der Waals surface area (Å²) >= 11 is 0. The maximum absolute atomic E-state index is 10.7. The van der Waals surface area contributed by atoms with E-state index in [2.05, 4.69) is 5.10 Å². The van der Waals surface area contributed by atoms with Gasteiger partial charge in [0.25, 0.3) is 5.69 Å². The maximum atomic E-state index is 10.7. The van der Waals surface area contributed by atoms with E-state index in [4.69, 9.17) is 5.11 Å². The van der Waals surface area contributed by atoms with Crippen LogP contribution in [0.3, 0.4) is 0 Å². The maximum Gasteiger partial charge on any atom is 0.270 e. The van der Waals surface area contributed by atoms with Crippen molar-refractivity contribution in [3.63, 3.8) is 0 Å². The second kappa shape index (κ2) is 4.75. The van der Waals surface area contributed by atoms with Crippen LogP contribution in [0.4, 0.5) is 5.69 Å². The van der Waals surface area contributed by atoms with E-state index in [0.717, 1.165) is 11.3 Å². The first-order valence-corrected chi connectivity index (χ1v) is 6.01. The number of hydrogen-bond acceptors (Lipinski definition) is 4. The van der Waals surface area contributed by atoms with Crippen LogP contribution in [0, 0.1) is 10.1 Å². The minimum absolute atomic E-state index is 0.00639. The molecule has 100 valence electrons. The number of benzene rings is 2. The lowest BCUT2D eigenvalue weighted by molar-refractivity contribution is -0.384. The number of non-ortho nitro benzene ring substituents is 1. The number of nitro groups is 1.